The van der Waals surface area contributed by atoms with Crippen molar-refractivity contribution >= 4 is 21.6 Å². The summed E-state index contributed by atoms with van der Waals surface area (Å²) in [5.74, 6) is 0. The summed E-state index contributed by atoms with van der Waals surface area (Å²) in [7, 11) is 0. The lowest BCUT2D eigenvalue weighted by Crippen LogP contribution is -2.14. The van der Waals surface area contributed by atoms with Gasteiger partial charge in [0.2, 0.25) is 0 Å². The Labute approximate surface area is 121 Å². The van der Waals surface area contributed by atoms with Gasteiger partial charge < -0.3 is 10.0 Å². The smallest absolute Gasteiger partial charge is 0.0772 e. The van der Waals surface area contributed by atoms with Gasteiger partial charge in [-0.25, -0.2) is 0 Å². The predicted molar refractivity (Wildman–Crippen MR) is 81.1 cm³/mol. The molecule has 2 aromatic rings. The highest BCUT2D eigenvalue weighted by atomic mass is 79.9. The topological polar surface area (TPSA) is 23.5 Å². The minimum Gasteiger partial charge on any atom is -0.389 e. The molecule has 3 heteroatoms. The minimum atomic E-state index is -0.445. The summed E-state index contributed by atoms with van der Waals surface area (Å²) in [6.45, 7) is 3.69. The Hall–Kier alpha value is -1.32. The molecule has 0 saturated heterocycles. The molecule has 3 rings (SSSR count). The number of rotatable bonds is 2. The number of halogens is 1. The van der Waals surface area contributed by atoms with Gasteiger partial charge in [-0.2, -0.15) is 0 Å². The Balaban J connectivity index is 1.88. The van der Waals surface area contributed by atoms with Crippen LogP contribution in [0.5, 0.6) is 0 Å². The first-order valence-electron chi connectivity index (χ1n) is 6.44. The first kappa shape index (κ1) is 12.7. The zero-order valence-electron chi connectivity index (χ0n) is 10.8. The molecule has 0 spiro atoms. The highest BCUT2D eigenvalue weighted by molar-refractivity contribution is 9.10. The quantitative estimate of drug-likeness (QED) is 0.904. The summed E-state index contributed by atoms with van der Waals surface area (Å²) in [4.78, 5) is 2.35. The normalized spacial score (nSPS) is 15.4. The van der Waals surface area contributed by atoms with E-state index in [0.29, 0.717) is 0 Å². The van der Waals surface area contributed by atoms with Gasteiger partial charge in [0.15, 0.2) is 0 Å². The molecule has 0 aromatic heterocycles. The van der Waals surface area contributed by atoms with Gasteiger partial charge in [0.25, 0.3) is 0 Å². The third kappa shape index (κ3) is 2.40. The first-order valence-corrected chi connectivity index (χ1v) is 7.23. The maximum absolute atomic E-state index is 9.66. The first-order chi connectivity index (χ1) is 9.15. The molecule has 0 aliphatic carbocycles. The molecule has 0 saturated carbocycles. The van der Waals surface area contributed by atoms with Gasteiger partial charge in [-0.15, -0.1) is 0 Å². The molecular weight excluding hydrogens is 302 g/mol. The Kier molecular flexibility index (Phi) is 3.33. The van der Waals surface area contributed by atoms with E-state index >= 15 is 0 Å². The van der Waals surface area contributed by atoms with Gasteiger partial charge in [0, 0.05) is 23.2 Å². The van der Waals surface area contributed by atoms with Crippen LogP contribution in [0.15, 0.2) is 46.9 Å². The molecule has 0 unspecified atom stereocenters. The highest BCUT2D eigenvalue weighted by Gasteiger charge is 2.19. The molecule has 1 atom stereocenters. The van der Waals surface area contributed by atoms with Gasteiger partial charge >= 0.3 is 0 Å². The van der Waals surface area contributed by atoms with E-state index in [-0.39, 0.29) is 0 Å². The second-order valence-electron chi connectivity index (χ2n) is 5.01. The fourth-order valence-corrected chi connectivity index (χ4v) is 3.27. The summed E-state index contributed by atoms with van der Waals surface area (Å²) in [6.07, 6.45) is -0.445. The average molecular weight is 318 g/mol. The van der Waals surface area contributed by atoms with Crippen LogP contribution in [0.1, 0.15) is 29.7 Å². The Morgan fingerprint density at radius 1 is 1.11 bits per heavy atom. The zero-order valence-corrected chi connectivity index (χ0v) is 12.4. The van der Waals surface area contributed by atoms with E-state index in [1.54, 1.807) is 6.92 Å². The van der Waals surface area contributed by atoms with Crippen molar-refractivity contribution in [1.82, 2.24) is 0 Å². The lowest BCUT2D eigenvalue weighted by atomic mass is 10.1. The van der Waals surface area contributed by atoms with Crippen molar-refractivity contribution in [1.29, 1.82) is 0 Å². The van der Waals surface area contributed by atoms with E-state index in [4.69, 9.17) is 0 Å². The number of hydrogen-bond donors (Lipinski definition) is 1. The van der Waals surface area contributed by atoms with Crippen LogP contribution < -0.4 is 4.90 Å². The minimum absolute atomic E-state index is 0.445. The summed E-state index contributed by atoms with van der Waals surface area (Å²) < 4.78 is 0.968. The summed E-state index contributed by atoms with van der Waals surface area (Å²) in [5.41, 5.74) is 4.92. The van der Waals surface area contributed by atoms with E-state index in [1.165, 1.54) is 16.8 Å². The van der Waals surface area contributed by atoms with E-state index in [0.717, 1.165) is 23.1 Å². The third-order valence-electron chi connectivity index (χ3n) is 3.64. The van der Waals surface area contributed by atoms with Crippen LogP contribution in [0.25, 0.3) is 0 Å². The molecule has 98 valence electrons. The summed E-state index contributed by atoms with van der Waals surface area (Å²) in [5, 5.41) is 9.66. The van der Waals surface area contributed by atoms with E-state index in [2.05, 4.69) is 57.2 Å². The van der Waals surface area contributed by atoms with Gasteiger partial charge in [0.05, 0.1) is 6.10 Å². The van der Waals surface area contributed by atoms with Crippen LogP contribution >= 0.6 is 15.9 Å². The summed E-state index contributed by atoms with van der Waals surface area (Å²) >= 11 is 3.54. The van der Waals surface area contributed by atoms with Crippen LogP contribution in [-0.2, 0) is 13.1 Å². The standard InChI is InChI=1S/C16H16BrNO/c1-11(19)15-7-6-14(8-16(15)17)18-9-12-4-2-3-5-13(12)10-18/h2-8,11,19H,9-10H2,1H3/t11-/m0/s1. The molecule has 2 aromatic carbocycles. The number of aliphatic hydroxyl groups excluding tert-OH is 1. The maximum Gasteiger partial charge on any atom is 0.0772 e. The third-order valence-corrected chi connectivity index (χ3v) is 4.33. The van der Waals surface area contributed by atoms with Gasteiger partial charge in [-0.1, -0.05) is 46.3 Å². The van der Waals surface area contributed by atoms with E-state index in [1.807, 2.05) is 6.07 Å². The molecule has 1 N–H and O–H groups in total. The molecule has 19 heavy (non-hydrogen) atoms. The van der Waals surface area contributed by atoms with Crippen LogP contribution in [0, 0.1) is 0 Å². The Bertz CT molecular complexity index is 584. The van der Waals surface area contributed by atoms with E-state index < -0.39 is 6.10 Å². The number of fused-ring (bicyclic) bond motifs is 1. The van der Waals surface area contributed by atoms with Crippen LogP contribution in [0.4, 0.5) is 5.69 Å². The lowest BCUT2D eigenvalue weighted by Gasteiger charge is -2.19. The predicted octanol–water partition coefficient (Wildman–Crippen LogP) is 4.02. The van der Waals surface area contributed by atoms with Crippen molar-refractivity contribution in [3.05, 3.63) is 63.6 Å². The Morgan fingerprint density at radius 2 is 1.74 bits per heavy atom. The zero-order chi connectivity index (χ0) is 13.4. The van der Waals surface area contributed by atoms with Crippen LogP contribution in [0.3, 0.4) is 0 Å². The molecule has 2 nitrogen and oxygen atoms in total. The number of nitrogens with zero attached hydrogens (tertiary/aromatic N) is 1. The van der Waals surface area contributed by atoms with Gasteiger partial charge in [-0.05, 0) is 35.7 Å². The molecule has 1 aliphatic rings. The van der Waals surface area contributed by atoms with Crippen molar-refractivity contribution in [2.75, 3.05) is 4.90 Å². The second kappa shape index (κ2) is 4.99. The molecule has 0 fully saturated rings. The van der Waals surface area contributed by atoms with Crippen molar-refractivity contribution in [3.8, 4) is 0 Å². The molecular formula is C16H16BrNO. The molecule has 0 bridgehead atoms. The molecule has 1 heterocycles. The Morgan fingerprint density at radius 3 is 2.26 bits per heavy atom. The van der Waals surface area contributed by atoms with Crippen LogP contribution in [-0.4, -0.2) is 5.11 Å². The maximum atomic E-state index is 9.66. The monoisotopic (exact) mass is 317 g/mol. The molecule has 1 aliphatic heterocycles. The van der Waals surface area contributed by atoms with Crippen molar-refractivity contribution in [2.45, 2.75) is 26.1 Å². The fourth-order valence-electron chi connectivity index (χ4n) is 2.57. The lowest BCUT2D eigenvalue weighted by molar-refractivity contribution is 0.198. The number of benzene rings is 2. The largest absolute Gasteiger partial charge is 0.389 e. The molecule has 0 amide bonds. The molecule has 0 radical (unpaired) electrons. The number of hydrogen-bond acceptors (Lipinski definition) is 2. The van der Waals surface area contributed by atoms with Gasteiger partial charge in [0.1, 0.15) is 0 Å². The number of aliphatic hydroxyl groups is 1. The van der Waals surface area contributed by atoms with Crippen LogP contribution in [0.2, 0.25) is 0 Å². The van der Waals surface area contributed by atoms with Crippen molar-refractivity contribution in [2.24, 2.45) is 0 Å². The highest BCUT2D eigenvalue weighted by Crippen LogP contribution is 2.32. The average Bonchev–Trinajstić information content (AvgIpc) is 2.81. The van der Waals surface area contributed by atoms with Gasteiger partial charge in [-0.3, -0.25) is 0 Å². The van der Waals surface area contributed by atoms with Crippen molar-refractivity contribution < 1.29 is 5.11 Å². The fraction of sp³-hybridized carbons (Fsp3) is 0.250. The van der Waals surface area contributed by atoms with Crippen molar-refractivity contribution in [3.63, 3.8) is 0 Å². The SMILES string of the molecule is C[C@H](O)c1ccc(N2Cc3ccccc3C2)cc1Br. The summed E-state index contributed by atoms with van der Waals surface area (Å²) in [6, 6.07) is 14.7. The van der Waals surface area contributed by atoms with E-state index in [9.17, 15) is 5.11 Å². The number of anilines is 1. The second-order valence-corrected chi connectivity index (χ2v) is 5.86.